The summed E-state index contributed by atoms with van der Waals surface area (Å²) in [5, 5.41) is 11.9. The third-order valence-electron chi connectivity index (χ3n) is 5.49. The number of aromatic nitrogens is 3. The number of piperidine rings is 1. The molecule has 0 aliphatic carbocycles. The molecule has 1 aliphatic heterocycles. The number of hydrogen-bond acceptors (Lipinski definition) is 4. The van der Waals surface area contributed by atoms with E-state index in [1.54, 1.807) is 7.11 Å². The Balaban J connectivity index is 1.63. The van der Waals surface area contributed by atoms with Gasteiger partial charge in [-0.3, -0.25) is 0 Å². The van der Waals surface area contributed by atoms with Crippen LogP contribution in [0.2, 0.25) is 0 Å². The highest BCUT2D eigenvalue weighted by Gasteiger charge is 2.19. The van der Waals surface area contributed by atoms with Gasteiger partial charge in [0.2, 0.25) is 0 Å². The van der Waals surface area contributed by atoms with E-state index in [1.165, 1.54) is 18.4 Å². The number of benzene rings is 1. The second-order valence-electron chi connectivity index (χ2n) is 7.56. The highest BCUT2D eigenvalue weighted by Crippen LogP contribution is 2.16. The van der Waals surface area contributed by atoms with Gasteiger partial charge in [0.1, 0.15) is 18.1 Å². The van der Waals surface area contributed by atoms with Crippen LogP contribution in [0.15, 0.2) is 29.3 Å². The first kappa shape index (κ1) is 20.2. The average Bonchev–Trinajstić information content (AvgIpc) is 3.04. The maximum Gasteiger partial charge on any atom is 0.194 e. The second kappa shape index (κ2) is 9.57. The molecule has 152 valence electrons. The molecule has 28 heavy (non-hydrogen) atoms. The molecule has 2 heterocycles. The third kappa shape index (κ3) is 5.24. The number of aliphatic imine (C=N–C) groups is 1. The quantitative estimate of drug-likeness (QED) is 0.612. The van der Waals surface area contributed by atoms with Crippen LogP contribution in [0.3, 0.4) is 0 Å². The van der Waals surface area contributed by atoms with Crippen LogP contribution in [0, 0.1) is 12.8 Å². The van der Waals surface area contributed by atoms with E-state index < -0.39 is 0 Å². The van der Waals surface area contributed by atoms with Gasteiger partial charge < -0.3 is 19.5 Å². The Morgan fingerprint density at radius 3 is 2.54 bits per heavy atom. The molecule has 0 atom stereocenters. The Labute approximate surface area is 167 Å². The number of guanidine groups is 1. The van der Waals surface area contributed by atoms with Gasteiger partial charge in [0.25, 0.3) is 0 Å². The molecule has 0 bridgehead atoms. The Bertz CT molecular complexity index is 775. The summed E-state index contributed by atoms with van der Waals surface area (Å²) >= 11 is 0. The average molecular weight is 385 g/mol. The van der Waals surface area contributed by atoms with E-state index in [-0.39, 0.29) is 0 Å². The normalized spacial score (nSPS) is 15.7. The molecule has 0 spiro atoms. The van der Waals surface area contributed by atoms with Crippen molar-refractivity contribution in [1.82, 2.24) is 25.0 Å². The zero-order chi connectivity index (χ0) is 19.9. The van der Waals surface area contributed by atoms with E-state index in [0.717, 1.165) is 55.3 Å². The van der Waals surface area contributed by atoms with Gasteiger partial charge in [0.05, 0.1) is 7.11 Å². The van der Waals surface area contributed by atoms with Crippen molar-refractivity contribution >= 4 is 5.96 Å². The summed E-state index contributed by atoms with van der Waals surface area (Å²) < 4.78 is 7.23. The number of hydrogen-bond donors (Lipinski definition) is 1. The summed E-state index contributed by atoms with van der Waals surface area (Å²) in [6, 6.07) is 8.24. The van der Waals surface area contributed by atoms with Crippen LogP contribution < -0.4 is 10.1 Å². The van der Waals surface area contributed by atoms with Crippen LogP contribution in [-0.2, 0) is 20.0 Å². The van der Waals surface area contributed by atoms with Crippen LogP contribution in [0.4, 0.5) is 0 Å². The van der Waals surface area contributed by atoms with Crippen molar-refractivity contribution in [3.63, 3.8) is 0 Å². The molecular weight excluding hydrogens is 352 g/mol. The maximum atomic E-state index is 5.23. The fraction of sp³-hybridized carbons (Fsp3) is 0.571. The number of ether oxygens (including phenoxy) is 1. The number of rotatable bonds is 6. The third-order valence-corrected chi connectivity index (χ3v) is 5.49. The van der Waals surface area contributed by atoms with Crippen LogP contribution >= 0.6 is 0 Å². The fourth-order valence-corrected chi connectivity index (χ4v) is 3.33. The van der Waals surface area contributed by atoms with Crippen LogP contribution in [0.1, 0.15) is 37.0 Å². The molecule has 0 radical (unpaired) electrons. The zero-order valence-electron chi connectivity index (χ0n) is 17.5. The SMILES string of the molecule is COc1ccc(CCNC(=NCc2nnc(C)n2C)N2CCC(C)CC2)cc1. The summed E-state index contributed by atoms with van der Waals surface area (Å²) in [6.07, 6.45) is 3.36. The van der Waals surface area contributed by atoms with Gasteiger partial charge in [-0.1, -0.05) is 19.1 Å². The monoisotopic (exact) mass is 384 g/mol. The van der Waals surface area contributed by atoms with Gasteiger partial charge in [-0.2, -0.15) is 0 Å². The van der Waals surface area contributed by atoms with Crippen molar-refractivity contribution in [2.45, 2.75) is 39.7 Å². The molecule has 1 aromatic carbocycles. The van der Waals surface area contributed by atoms with E-state index in [2.05, 4.69) is 39.5 Å². The lowest BCUT2D eigenvalue weighted by atomic mass is 9.99. The number of aryl methyl sites for hydroxylation is 1. The molecule has 1 aromatic heterocycles. The standard InChI is InChI=1S/C21H32N6O/c1-16-10-13-27(14-11-16)21(23-15-20-25-24-17(2)26(20)3)22-12-9-18-5-7-19(28-4)8-6-18/h5-8,16H,9-15H2,1-4H3,(H,22,23). The van der Waals surface area contributed by atoms with E-state index in [4.69, 9.17) is 9.73 Å². The molecule has 1 fully saturated rings. The molecule has 1 aliphatic rings. The van der Waals surface area contributed by atoms with Gasteiger partial charge in [0, 0.05) is 26.7 Å². The summed E-state index contributed by atoms with van der Waals surface area (Å²) in [7, 11) is 3.68. The Hall–Kier alpha value is -2.57. The summed E-state index contributed by atoms with van der Waals surface area (Å²) in [5.74, 6) is 4.45. The van der Waals surface area contributed by atoms with Crippen molar-refractivity contribution in [2.75, 3.05) is 26.7 Å². The molecule has 0 saturated carbocycles. The molecule has 7 nitrogen and oxygen atoms in total. The van der Waals surface area contributed by atoms with Crippen molar-refractivity contribution in [3.8, 4) is 5.75 Å². The first-order valence-corrected chi connectivity index (χ1v) is 10.1. The second-order valence-corrected chi connectivity index (χ2v) is 7.56. The highest BCUT2D eigenvalue weighted by atomic mass is 16.5. The van der Waals surface area contributed by atoms with E-state index in [0.29, 0.717) is 6.54 Å². The smallest absolute Gasteiger partial charge is 0.194 e. The zero-order valence-corrected chi connectivity index (χ0v) is 17.5. The minimum absolute atomic E-state index is 0.536. The van der Waals surface area contributed by atoms with Gasteiger partial charge in [-0.05, 0) is 49.8 Å². The lowest BCUT2D eigenvalue weighted by Gasteiger charge is -2.33. The maximum absolute atomic E-state index is 5.23. The number of likely N-dealkylation sites (tertiary alicyclic amines) is 1. The summed E-state index contributed by atoms with van der Waals surface area (Å²) in [6.45, 7) is 7.76. The van der Waals surface area contributed by atoms with E-state index in [9.17, 15) is 0 Å². The van der Waals surface area contributed by atoms with E-state index in [1.807, 2.05) is 30.7 Å². The number of nitrogens with one attached hydrogen (secondary N) is 1. The van der Waals surface area contributed by atoms with Gasteiger partial charge in [-0.25, -0.2) is 4.99 Å². The molecule has 1 N–H and O–H groups in total. The predicted molar refractivity (Wildman–Crippen MR) is 112 cm³/mol. The molecule has 7 heteroatoms. The molecular formula is C21H32N6O. The van der Waals surface area contributed by atoms with Crippen molar-refractivity contribution in [1.29, 1.82) is 0 Å². The first-order valence-electron chi connectivity index (χ1n) is 10.1. The van der Waals surface area contributed by atoms with Crippen LogP contribution in [0.25, 0.3) is 0 Å². The van der Waals surface area contributed by atoms with Gasteiger partial charge >= 0.3 is 0 Å². The first-order chi connectivity index (χ1) is 13.6. The fourth-order valence-electron chi connectivity index (χ4n) is 3.33. The molecule has 1 saturated heterocycles. The Kier molecular flexibility index (Phi) is 6.90. The lowest BCUT2D eigenvalue weighted by Crippen LogP contribution is -2.46. The van der Waals surface area contributed by atoms with E-state index >= 15 is 0 Å². The highest BCUT2D eigenvalue weighted by molar-refractivity contribution is 5.80. The number of nitrogens with zero attached hydrogens (tertiary/aromatic N) is 5. The van der Waals surface area contributed by atoms with Crippen molar-refractivity contribution in [2.24, 2.45) is 18.0 Å². The molecule has 0 amide bonds. The largest absolute Gasteiger partial charge is 0.497 e. The van der Waals surface area contributed by atoms with Gasteiger partial charge in [-0.15, -0.1) is 10.2 Å². The summed E-state index contributed by atoms with van der Waals surface area (Å²) in [5.41, 5.74) is 1.28. The Morgan fingerprint density at radius 2 is 1.93 bits per heavy atom. The lowest BCUT2D eigenvalue weighted by molar-refractivity contribution is 0.273. The summed E-state index contributed by atoms with van der Waals surface area (Å²) in [4.78, 5) is 7.24. The van der Waals surface area contributed by atoms with Crippen molar-refractivity contribution in [3.05, 3.63) is 41.5 Å². The number of methoxy groups -OCH3 is 1. The minimum atomic E-state index is 0.536. The topological polar surface area (TPSA) is 67.6 Å². The van der Waals surface area contributed by atoms with Crippen LogP contribution in [0.5, 0.6) is 5.75 Å². The predicted octanol–water partition coefficient (Wildman–Crippen LogP) is 2.55. The minimum Gasteiger partial charge on any atom is -0.497 e. The molecule has 0 unspecified atom stereocenters. The van der Waals surface area contributed by atoms with Crippen molar-refractivity contribution < 1.29 is 4.74 Å². The molecule has 2 aromatic rings. The van der Waals surface area contributed by atoms with Gasteiger partial charge in [0.15, 0.2) is 11.8 Å². The Morgan fingerprint density at radius 1 is 1.21 bits per heavy atom. The molecule has 3 rings (SSSR count). The van der Waals surface area contributed by atoms with Crippen LogP contribution in [-0.4, -0.2) is 52.4 Å².